The van der Waals surface area contributed by atoms with E-state index in [9.17, 15) is 9.90 Å². The third kappa shape index (κ3) is 4.47. The molecular weight excluding hydrogens is 304 g/mol. The van der Waals surface area contributed by atoms with E-state index in [1.165, 1.54) is 0 Å². The summed E-state index contributed by atoms with van der Waals surface area (Å²) < 4.78 is 2.18. The van der Waals surface area contributed by atoms with Gasteiger partial charge in [0.15, 0.2) is 0 Å². The molecule has 1 atom stereocenters. The lowest BCUT2D eigenvalue weighted by atomic mass is 10.3. The smallest absolute Gasteiger partial charge is 0.317 e. The Morgan fingerprint density at radius 1 is 1.33 bits per heavy atom. The van der Waals surface area contributed by atoms with Gasteiger partial charge in [-0.25, -0.2) is 9.78 Å². The number of aliphatic hydroxyl groups excluding tert-OH is 1. The summed E-state index contributed by atoms with van der Waals surface area (Å²) in [6.45, 7) is 9.33. The van der Waals surface area contributed by atoms with Crippen LogP contribution in [0.1, 0.15) is 33.0 Å². The van der Waals surface area contributed by atoms with Crippen molar-refractivity contribution in [1.29, 1.82) is 0 Å². The number of nitrogens with one attached hydrogen (secondary N) is 1. The van der Waals surface area contributed by atoms with Gasteiger partial charge in [0.1, 0.15) is 5.82 Å². The molecule has 0 aliphatic rings. The number of benzene rings is 1. The molecule has 0 saturated heterocycles. The van der Waals surface area contributed by atoms with Crippen molar-refractivity contribution in [1.82, 2.24) is 19.8 Å². The van der Waals surface area contributed by atoms with E-state index in [1.807, 2.05) is 39.0 Å². The number of hydrogen-bond acceptors (Lipinski definition) is 3. The molecule has 2 amide bonds. The van der Waals surface area contributed by atoms with Crippen LogP contribution in [0.15, 0.2) is 24.3 Å². The summed E-state index contributed by atoms with van der Waals surface area (Å²) in [6.07, 6.45) is 0.297. The highest BCUT2D eigenvalue weighted by atomic mass is 16.3. The standard InChI is InChI=1S/C18H28N4O2/c1-13(2)22(12-14(3)23)18(24)19-10-7-11-21-15(4)20-16-8-5-6-9-17(16)21/h5-6,8-9,13-14,23H,7,10-12H2,1-4H3,(H,19,24). The number of amides is 2. The monoisotopic (exact) mass is 332 g/mol. The summed E-state index contributed by atoms with van der Waals surface area (Å²) >= 11 is 0. The summed E-state index contributed by atoms with van der Waals surface area (Å²) in [7, 11) is 0. The van der Waals surface area contributed by atoms with Crippen LogP contribution in [0.3, 0.4) is 0 Å². The average Bonchev–Trinajstić information content (AvgIpc) is 2.84. The van der Waals surface area contributed by atoms with Gasteiger partial charge in [-0.15, -0.1) is 0 Å². The molecule has 1 aromatic heterocycles. The van der Waals surface area contributed by atoms with Crippen molar-refractivity contribution in [3.8, 4) is 0 Å². The summed E-state index contributed by atoms with van der Waals surface area (Å²) in [5.74, 6) is 0.987. The number of fused-ring (bicyclic) bond motifs is 1. The molecular formula is C18H28N4O2. The second-order valence-electron chi connectivity index (χ2n) is 6.48. The molecule has 6 nitrogen and oxygen atoms in total. The third-order valence-electron chi connectivity index (χ3n) is 4.03. The van der Waals surface area contributed by atoms with Crippen LogP contribution in [0.5, 0.6) is 0 Å². The molecule has 1 aromatic carbocycles. The van der Waals surface area contributed by atoms with Gasteiger partial charge in [0.05, 0.1) is 17.1 Å². The van der Waals surface area contributed by atoms with Crippen molar-refractivity contribution >= 4 is 17.1 Å². The van der Waals surface area contributed by atoms with Crippen LogP contribution in [0.25, 0.3) is 11.0 Å². The van der Waals surface area contributed by atoms with Crippen molar-refractivity contribution in [2.45, 2.75) is 52.8 Å². The van der Waals surface area contributed by atoms with Crippen molar-refractivity contribution in [3.63, 3.8) is 0 Å². The lowest BCUT2D eigenvalue weighted by Gasteiger charge is -2.28. The van der Waals surface area contributed by atoms with Crippen LogP contribution < -0.4 is 5.32 Å². The fraction of sp³-hybridized carbons (Fsp3) is 0.556. The Bertz CT molecular complexity index is 679. The van der Waals surface area contributed by atoms with Gasteiger partial charge >= 0.3 is 6.03 Å². The summed E-state index contributed by atoms with van der Waals surface area (Å²) in [5.41, 5.74) is 2.13. The molecule has 0 aliphatic heterocycles. The zero-order valence-corrected chi connectivity index (χ0v) is 15.0. The van der Waals surface area contributed by atoms with E-state index in [0.29, 0.717) is 13.1 Å². The molecule has 2 aromatic rings. The van der Waals surface area contributed by atoms with Crippen LogP contribution in [0.4, 0.5) is 4.79 Å². The Morgan fingerprint density at radius 2 is 2.04 bits per heavy atom. The minimum Gasteiger partial charge on any atom is -0.392 e. The predicted octanol–water partition coefficient (Wildman–Crippen LogP) is 2.54. The van der Waals surface area contributed by atoms with E-state index < -0.39 is 6.10 Å². The number of rotatable bonds is 7. The number of carbonyl (C=O) groups is 1. The maximum absolute atomic E-state index is 12.2. The first kappa shape index (κ1) is 18.3. The zero-order valence-electron chi connectivity index (χ0n) is 15.0. The number of aryl methyl sites for hydroxylation is 2. The number of urea groups is 1. The lowest BCUT2D eigenvalue weighted by Crippen LogP contribution is -2.47. The van der Waals surface area contributed by atoms with E-state index >= 15 is 0 Å². The molecule has 0 radical (unpaired) electrons. The zero-order chi connectivity index (χ0) is 17.7. The molecule has 0 aliphatic carbocycles. The number of hydrogen-bond donors (Lipinski definition) is 2. The Morgan fingerprint density at radius 3 is 2.71 bits per heavy atom. The summed E-state index contributed by atoms with van der Waals surface area (Å²) in [6, 6.07) is 8.01. The second-order valence-corrected chi connectivity index (χ2v) is 6.48. The van der Waals surface area contributed by atoms with Gasteiger partial charge in [0, 0.05) is 25.7 Å². The molecule has 0 bridgehead atoms. The first-order valence-corrected chi connectivity index (χ1v) is 8.54. The second kappa shape index (κ2) is 8.15. The number of nitrogens with zero attached hydrogens (tertiary/aromatic N) is 3. The molecule has 6 heteroatoms. The largest absolute Gasteiger partial charge is 0.392 e. The normalized spacial score (nSPS) is 12.6. The maximum Gasteiger partial charge on any atom is 0.317 e. The van der Waals surface area contributed by atoms with E-state index in [0.717, 1.165) is 29.8 Å². The SMILES string of the molecule is Cc1nc2ccccc2n1CCCNC(=O)N(CC(C)O)C(C)C. The van der Waals surface area contributed by atoms with E-state index in [1.54, 1.807) is 11.8 Å². The number of imidazole rings is 1. The van der Waals surface area contributed by atoms with Crippen molar-refractivity contribution in [2.24, 2.45) is 0 Å². The minimum atomic E-state index is -0.530. The third-order valence-corrected chi connectivity index (χ3v) is 4.03. The number of carbonyl (C=O) groups excluding carboxylic acids is 1. The quantitative estimate of drug-likeness (QED) is 0.766. The Hall–Kier alpha value is -2.08. The van der Waals surface area contributed by atoms with Gasteiger partial charge in [-0.05, 0) is 46.2 Å². The van der Waals surface area contributed by atoms with Crippen LogP contribution in [0, 0.1) is 6.92 Å². The Balaban J connectivity index is 1.87. The highest BCUT2D eigenvalue weighted by Gasteiger charge is 2.18. The molecule has 24 heavy (non-hydrogen) atoms. The molecule has 1 heterocycles. The molecule has 0 saturated carbocycles. The number of para-hydroxylation sites is 2. The van der Waals surface area contributed by atoms with Gasteiger partial charge in [-0.2, -0.15) is 0 Å². The van der Waals surface area contributed by atoms with Crippen LogP contribution >= 0.6 is 0 Å². The minimum absolute atomic E-state index is 0.0550. The highest BCUT2D eigenvalue weighted by Crippen LogP contribution is 2.15. The summed E-state index contributed by atoms with van der Waals surface area (Å²) in [4.78, 5) is 18.5. The molecule has 0 spiro atoms. The fourth-order valence-corrected chi connectivity index (χ4v) is 2.83. The van der Waals surface area contributed by atoms with Crippen LogP contribution in [-0.4, -0.2) is 50.8 Å². The molecule has 0 fully saturated rings. The molecule has 132 valence electrons. The number of aliphatic hydroxyl groups is 1. The lowest BCUT2D eigenvalue weighted by molar-refractivity contribution is 0.119. The van der Waals surface area contributed by atoms with Gasteiger partial charge in [-0.1, -0.05) is 12.1 Å². The highest BCUT2D eigenvalue weighted by molar-refractivity contribution is 5.76. The van der Waals surface area contributed by atoms with E-state index in [2.05, 4.69) is 20.9 Å². The van der Waals surface area contributed by atoms with Gasteiger partial charge < -0.3 is 19.9 Å². The average molecular weight is 332 g/mol. The Labute approximate surface area is 143 Å². The maximum atomic E-state index is 12.2. The summed E-state index contributed by atoms with van der Waals surface area (Å²) in [5, 5.41) is 12.5. The van der Waals surface area contributed by atoms with Crippen molar-refractivity contribution < 1.29 is 9.90 Å². The Kier molecular flexibility index (Phi) is 6.20. The van der Waals surface area contributed by atoms with Gasteiger partial charge in [0.25, 0.3) is 0 Å². The first-order valence-electron chi connectivity index (χ1n) is 8.54. The van der Waals surface area contributed by atoms with Crippen LogP contribution in [-0.2, 0) is 6.54 Å². The first-order chi connectivity index (χ1) is 11.4. The topological polar surface area (TPSA) is 70.4 Å². The van der Waals surface area contributed by atoms with Crippen LogP contribution in [0.2, 0.25) is 0 Å². The predicted molar refractivity (Wildman–Crippen MR) is 96.0 cm³/mol. The van der Waals surface area contributed by atoms with Crippen molar-refractivity contribution in [3.05, 3.63) is 30.1 Å². The van der Waals surface area contributed by atoms with Crippen molar-refractivity contribution in [2.75, 3.05) is 13.1 Å². The van der Waals surface area contributed by atoms with Gasteiger partial charge in [-0.3, -0.25) is 0 Å². The molecule has 2 N–H and O–H groups in total. The van der Waals surface area contributed by atoms with E-state index in [4.69, 9.17) is 0 Å². The fourth-order valence-electron chi connectivity index (χ4n) is 2.83. The van der Waals surface area contributed by atoms with Gasteiger partial charge in [0.2, 0.25) is 0 Å². The number of aromatic nitrogens is 2. The molecule has 2 rings (SSSR count). The van der Waals surface area contributed by atoms with E-state index in [-0.39, 0.29) is 12.1 Å². The molecule has 1 unspecified atom stereocenters.